The van der Waals surface area contributed by atoms with Gasteiger partial charge in [0.15, 0.2) is 0 Å². The lowest BCUT2D eigenvalue weighted by atomic mass is 10.2. The first kappa shape index (κ1) is 17.4. The fourth-order valence-corrected chi connectivity index (χ4v) is 3.81. The van der Waals surface area contributed by atoms with Crippen molar-refractivity contribution in [3.8, 4) is 0 Å². The highest BCUT2D eigenvalue weighted by Crippen LogP contribution is 2.21. The average Bonchev–Trinajstić information content (AvgIpc) is 3.29. The average molecular weight is 377 g/mol. The Labute approximate surface area is 162 Å². The predicted octanol–water partition coefficient (Wildman–Crippen LogP) is 2.29. The van der Waals surface area contributed by atoms with E-state index in [0.717, 1.165) is 72.1 Å². The zero-order valence-electron chi connectivity index (χ0n) is 15.6. The molecule has 1 fully saturated rings. The summed E-state index contributed by atoms with van der Waals surface area (Å²) >= 11 is 0. The van der Waals surface area contributed by atoms with Gasteiger partial charge in [-0.15, -0.1) is 0 Å². The number of hydrogen-bond acceptors (Lipinski definition) is 5. The number of aliphatic hydroxyl groups excluding tert-OH is 1. The minimum absolute atomic E-state index is 0.0190. The molecule has 2 aromatic carbocycles. The first-order valence-electron chi connectivity index (χ1n) is 9.63. The summed E-state index contributed by atoms with van der Waals surface area (Å²) in [6.45, 7) is 4.77. The number of morpholine rings is 1. The fraction of sp³-hybridized carbons (Fsp3) is 0.333. The van der Waals surface area contributed by atoms with Gasteiger partial charge in [-0.3, -0.25) is 4.90 Å². The van der Waals surface area contributed by atoms with E-state index in [2.05, 4.69) is 14.5 Å². The number of hydrogen-bond donors (Lipinski definition) is 2. The molecule has 4 aromatic rings. The molecule has 3 heterocycles. The normalized spacial score (nSPS) is 15.6. The molecule has 1 aliphatic rings. The lowest BCUT2D eigenvalue weighted by Gasteiger charge is -2.26. The Morgan fingerprint density at radius 1 is 1.00 bits per heavy atom. The van der Waals surface area contributed by atoms with Crippen LogP contribution < -0.4 is 0 Å². The topological polar surface area (TPSA) is 79.2 Å². The van der Waals surface area contributed by atoms with Gasteiger partial charge in [-0.05, 0) is 29.8 Å². The van der Waals surface area contributed by atoms with Crippen LogP contribution >= 0.6 is 0 Å². The number of ether oxygens (including phenoxy) is 1. The number of nitrogens with zero attached hydrogens (tertiary/aromatic N) is 4. The van der Waals surface area contributed by atoms with Gasteiger partial charge in [0.05, 0.1) is 55.0 Å². The highest BCUT2D eigenvalue weighted by molar-refractivity contribution is 5.77. The summed E-state index contributed by atoms with van der Waals surface area (Å²) in [5.41, 5.74) is 4.85. The van der Waals surface area contributed by atoms with Crippen LogP contribution in [-0.2, 0) is 24.4 Å². The maximum absolute atomic E-state index is 9.48. The molecule has 2 aromatic heterocycles. The second-order valence-corrected chi connectivity index (χ2v) is 7.18. The first-order valence-corrected chi connectivity index (χ1v) is 9.63. The van der Waals surface area contributed by atoms with Crippen LogP contribution in [0.4, 0.5) is 0 Å². The molecule has 28 heavy (non-hydrogen) atoms. The third-order valence-electron chi connectivity index (χ3n) is 5.29. The number of para-hydroxylation sites is 2. The summed E-state index contributed by atoms with van der Waals surface area (Å²) in [7, 11) is 0. The third-order valence-corrected chi connectivity index (χ3v) is 5.29. The van der Waals surface area contributed by atoms with Crippen LogP contribution in [0.15, 0.2) is 42.5 Å². The number of nitrogens with one attached hydrogen (secondary N) is 1. The molecule has 0 saturated carbocycles. The van der Waals surface area contributed by atoms with E-state index in [1.807, 2.05) is 42.5 Å². The quantitative estimate of drug-likeness (QED) is 0.558. The molecular formula is C21H23N5O2. The molecule has 0 bridgehead atoms. The number of aliphatic hydroxyl groups is 1. The second kappa shape index (κ2) is 7.35. The van der Waals surface area contributed by atoms with E-state index in [-0.39, 0.29) is 6.61 Å². The lowest BCUT2D eigenvalue weighted by molar-refractivity contribution is 0.0327. The molecule has 0 unspecified atom stereocenters. The van der Waals surface area contributed by atoms with Crippen LogP contribution in [-0.4, -0.2) is 55.8 Å². The van der Waals surface area contributed by atoms with Crippen molar-refractivity contribution in [1.29, 1.82) is 0 Å². The molecule has 1 saturated heterocycles. The van der Waals surface area contributed by atoms with Crippen LogP contribution in [0.1, 0.15) is 17.2 Å². The van der Waals surface area contributed by atoms with Gasteiger partial charge in [-0.2, -0.15) is 0 Å². The van der Waals surface area contributed by atoms with Gasteiger partial charge < -0.3 is 19.4 Å². The van der Waals surface area contributed by atoms with E-state index in [1.54, 1.807) is 0 Å². The molecular weight excluding hydrogens is 354 g/mol. The molecule has 7 nitrogen and oxygen atoms in total. The van der Waals surface area contributed by atoms with Gasteiger partial charge in [0.25, 0.3) is 0 Å². The summed E-state index contributed by atoms with van der Waals surface area (Å²) in [5, 5.41) is 9.48. The maximum atomic E-state index is 9.48. The van der Waals surface area contributed by atoms with Crippen LogP contribution in [0.5, 0.6) is 0 Å². The highest BCUT2D eigenvalue weighted by Gasteiger charge is 2.18. The Morgan fingerprint density at radius 3 is 2.68 bits per heavy atom. The number of fused-ring (bicyclic) bond motifs is 2. The van der Waals surface area contributed by atoms with Crippen molar-refractivity contribution in [2.45, 2.75) is 19.7 Å². The zero-order chi connectivity index (χ0) is 18.9. The summed E-state index contributed by atoms with van der Waals surface area (Å²) in [6, 6.07) is 14.0. The van der Waals surface area contributed by atoms with Crippen LogP contribution in [0.2, 0.25) is 0 Å². The summed E-state index contributed by atoms with van der Waals surface area (Å²) in [4.78, 5) is 15.4. The molecule has 0 atom stereocenters. The number of imidazole rings is 2. The Balaban J connectivity index is 1.54. The number of benzene rings is 2. The molecule has 0 aliphatic carbocycles. The Hall–Kier alpha value is -2.74. The Kier molecular flexibility index (Phi) is 4.56. The third kappa shape index (κ3) is 3.28. The fourth-order valence-electron chi connectivity index (χ4n) is 3.81. The van der Waals surface area contributed by atoms with Crippen molar-refractivity contribution < 1.29 is 9.84 Å². The first-order chi connectivity index (χ1) is 13.8. The van der Waals surface area contributed by atoms with Crippen molar-refractivity contribution in [3.05, 3.63) is 59.7 Å². The van der Waals surface area contributed by atoms with Gasteiger partial charge in [0, 0.05) is 13.1 Å². The minimum Gasteiger partial charge on any atom is -0.392 e. The van der Waals surface area contributed by atoms with Crippen molar-refractivity contribution in [2.24, 2.45) is 0 Å². The molecule has 5 rings (SSSR count). The van der Waals surface area contributed by atoms with Crippen LogP contribution in [0, 0.1) is 0 Å². The molecule has 1 aliphatic heterocycles. The predicted molar refractivity (Wildman–Crippen MR) is 107 cm³/mol. The van der Waals surface area contributed by atoms with Gasteiger partial charge in [-0.25, -0.2) is 9.97 Å². The number of rotatable bonds is 5. The molecule has 2 N–H and O–H groups in total. The van der Waals surface area contributed by atoms with E-state index < -0.39 is 0 Å². The van der Waals surface area contributed by atoms with Crippen LogP contribution in [0.25, 0.3) is 22.1 Å². The number of aromatic nitrogens is 4. The lowest BCUT2D eigenvalue weighted by Crippen LogP contribution is -2.36. The maximum Gasteiger partial charge on any atom is 0.127 e. The van der Waals surface area contributed by atoms with E-state index in [9.17, 15) is 5.11 Å². The SMILES string of the molecule is OCc1ccc2c(c1)nc(CN1CCOCC1)n2Cc1nc2ccccc2[nH]1. The monoisotopic (exact) mass is 377 g/mol. The minimum atomic E-state index is 0.0190. The summed E-state index contributed by atoms with van der Waals surface area (Å²) < 4.78 is 7.70. The van der Waals surface area contributed by atoms with Crippen molar-refractivity contribution in [1.82, 2.24) is 24.4 Å². The van der Waals surface area contributed by atoms with Crippen molar-refractivity contribution in [3.63, 3.8) is 0 Å². The zero-order valence-corrected chi connectivity index (χ0v) is 15.6. The standard InChI is InChI=1S/C21H23N5O2/c27-14-15-5-6-19-18(11-15)24-21(13-25-7-9-28-10-8-25)26(19)12-20-22-16-3-1-2-4-17(16)23-20/h1-6,11,27H,7-10,12-14H2,(H,22,23). The summed E-state index contributed by atoms with van der Waals surface area (Å²) in [6.07, 6.45) is 0. The molecule has 7 heteroatoms. The van der Waals surface area contributed by atoms with Gasteiger partial charge in [0.1, 0.15) is 11.6 Å². The van der Waals surface area contributed by atoms with E-state index in [1.165, 1.54) is 0 Å². The van der Waals surface area contributed by atoms with Crippen molar-refractivity contribution in [2.75, 3.05) is 26.3 Å². The highest BCUT2D eigenvalue weighted by atomic mass is 16.5. The molecule has 0 amide bonds. The van der Waals surface area contributed by atoms with Gasteiger partial charge in [0.2, 0.25) is 0 Å². The van der Waals surface area contributed by atoms with Gasteiger partial charge >= 0.3 is 0 Å². The number of H-pyrrole nitrogens is 1. The van der Waals surface area contributed by atoms with Gasteiger partial charge in [-0.1, -0.05) is 18.2 Å². The molecule has 144 valence electrons. The van der Waals surface area contributed by atoms with Crippen LogP contribution in [0.3, 0.4) is 0 Å². The second-order valence-electron chi connectivity index (χ2n) is 7.18. The summed E-state index contributed by atoms with van der Waals surface area (Å²) in [5.74, 6) is 1.92. The molecule has 0 radical (unpaired) electrons. The van der Waals surface area contributed by atoms with E-state index >= 15 is 0 Å². The van der Waals surface area contributed by atoms with E-state index in [0.29, 0.717) is 6.54 Å². The van der Waals surface area contributed by atoms with E-state index in [4.69, 9.17) is 14.7 Å². The molecule has 0 spiro atoms. The van der Waals surface area contributed by atoms with Crippen molar-refractivity contribution >= 4 is 22.1 Å². The smallest absolute Gasteiger partial charge is 0.127 e. The Bertz CT molecular complexity index is 1080. The number of aromatic amines is 1. The Morgan fingerprint density at radius 2 is 1.86 bits per heavy atom. The largest absolute Gasteiger partial charge is 0.392 e.